The highest BCUT2D eigenvalue weighted by molar-refractivity contribution is 14.1. The van der Waals surface area contributed by atoms with E-state index in [4.69, 9.17) is 5.73 Å². The lowest BCUT2D eigenvalue weighted by Gasteiger charge is -2.08. The Hall–Kier alpha value is -0.270. The SMILES string of the molecule is C=S(=O)(CCc1ccc(N)c(I)c1)NC. The maximum absolute atomic E-state index is 11.6. The molecule has 1 unspecified atom stereocenters. The van der Waals surface area contributed by atoms with E-state index in [1.54, 1.807) is 7.05 Å². The summed E-state index contributed by atoms with van der Waals surface area (Å²) in [6.07, 6.45) is 0.749. The Bertz CT molecular complexity index is 443. The molecule has 3 nitrogen and oxygen atoms in total. The van der Waals surface area contributed by atoms with Gasteiger partial charge in [-0.1, -0.05) is 6.07 Å². The van der Waals surface area contributed by atoms with Gasteiger partial charge in [0.15, 0.2) is 0 Å². The Morgan fingerprint density at radius 2 is 2.27 bits per heavy atom. The van der Waals surface area contributed by atoms with E-state index < -0.39 is 9.71 Å². The lowest BCUT2D eigenvalue weighted by atomic mass is 10.1. The van der Waals surface area contributed by atoms with Gasteiger partial charge < -0.3 is 5.73 Å². The monoisotopic (exact) mass is 338 g/mol. The summed E-state index contributed by atoms with van der Waals surface area (Å²) in [6.45, 7) is 0. The van der Waals surface area contributed by atoms with Crippen molar-refractivity contribution in [1.29, 1.82) is 0 Å². The van der Waals surface area contributed by atoms with Gasteiger partial charge in [0.25, 0.3) is 0 Å². The Labute approximate surface area is 105 Å². The Morgan fingerprint density at radius 1 is 1.60 bits per heavy atom. The van der Waals surface area contributed by atoms with Crippen molar-refractivity contribution in [2.45, 2.75) is 6.42 Å². The number of hydrogen-bond donors (Lipinski definition) is 2. The highest BCUT2D eigenvalue weighted by atomic mass is 127. The second-order valence-electron chi connectivity index (χ2n) is 3.33. The molecule has 0 fully saturated rings. The topological polar surface area (TPSA) is 55.1 Å². The molecule has 0 aliphatic carbocycles. The fraction of sp³-hybridized carbons (Fsp3) is 0.300. The van der Waals surface area contributed by atoms with Gasteiger partial charge in [-0.2, -0.15) is 0 Å². The maximum Gasteiger partial charge on any atom is 0.0449 e. The van der Waals surface area contributed by atoms with Crippen LogP contribution in [0, 0.1) is 3.57 Å². The molecule has 15 heavy (non-hydrogen) atoms. The zero-order chi connectivity index (χ0) is 11.5. The summed E-state index contributed by atoms with van der Waals surface area (Å²) in [5.41, 5.74) is 7.63. The van der Waals surface area contributed by atoms with Crippen molar-refractivity contribution in [2.24, 2.45) is 0 Å². The lowest BCUT2D eigenvalue weighted by Crippen LogP contribution is -2.22. The third kappa shape index (κ3) is 4.00. The molecule has 0 saturated heterocycles. The van der Waals surface area contributed by atoms with Crippen molar-refractivity contribution in [1.82, 2.24) is 4.72 Å². The third-order valence-electron chi connectivity index (χ3n) is 2.16. The van der Waals surface area contributed by atoms with Crippen LogP contribution in [0.25, 0.3) is 0 Å². The molecule has 5 heteroatoms. The number of nitrogens with two attached hydrogens (primary N) is 1. The van der Waals surface area contributed by atoms with E-state index >= 15 is 0 Å². The summed E-state index contributed by atoms with van der Waals surface area (Å²) in [4.78, 5) is 0. The van der Waals surface area contributed by atoms with Crippen molar-refractivity contribution >= 4 is 43.9 Å². The quantitative estimate of drug-likeness (QED) is 0.494. The average Bonchev–Trinajstić information content (AvgIpc) is 2.20. The first-order valence-corrected chi connectivity index (χ1v) is 7.49. The highest BCUT2D eigenvalue weighted by Crippen LogP contribution is 2.16. The largest absolute Gasteiger partial charge is 0.398 e. The van der Waals surface area contributed by atoms with E-state index in [0.29, 0.717) is 5.75 Å². The van der Waals surface area contributed by atoms with Crippen molar-refractivity contribution in [2.75, 3.05) is 18.5 Å². The molecule has 0 radical (unpaired) electrons. The maximum atomic E-state index is 11.6. The van der Waals surface area contributed by atoms with Crippen LogP contribution in [0.2, 0.25) is 0 Å². The van der Waals surface area contributed by atoms with Crippen LogP contribution in [0.15, 0.2) is 18.2 Å². The van der Waals surface area contributed by atoms with Crippen LogP contribution >= 0.6 is 22.6 Å². The summed E-state index contributed by atoms with van der Waals surface area (Å²) < 4.78 is 15.4. The van der Waals surface area contributed by atoms with Gasteiger partial charge in [-0.3, -0.25) is 4.21 Å². The molecule has 0 saturated carbocycles. The van der Waals surface area contributed by atoms with E-state index in [9.17, 15) is 4.21 Å². The van der Waals surface area contributed by atoms with E-state index in [2.05, 4.69) is 33.2 Å². The van der Waals surface area contributed by atoms with Gasteiger partial charge in [0.05, 0.1) is 0 Å². The van der Waals surface area contributed by atoms with Gasteiger partial charge in [-0.15, -0.1) is 0 Å². The van der Waals surface area contributed by atoms with E-state index in [1.807, 2.05) is 18.2 Å². The summed E-state index contributed by atoms with van der Waals surface area (Å²) >= 11 is 2.19. The molecule has 1 aromatic rings. The molecule has 1 atom stereocenters. The molecule has 0 amide bonds. The molecule has 84 valence electrons. The number of nitrogens with one attached hydrogen (secondary N) is 1. The molecule has 3 N–H and O–H groups in total. The van der Waals surface area contributed by atoms with Gasteiger partial charge >= 0.3 is 0 Å². The van der Waals surface area contributed by atoms with Gasteiger partial charge in [0.2, 0.25) is 0 Å². The van der Waals surface area contributed by atoms with Crippen LogP contribution in [-0.4, -0.2) is 22.9 Å². The molecule has 0 bridgehead atoms. The second kappa shape index (κ2) is 5.18. The van der Waals surface area contributed by atoms with Crippen LogP contribution in [0.1, 0.15) is 5.56 Å². The smallest absolute Gasteiger partial charge is 0.0449 e. The van der Waals surface area contributed by atoms with Gasteiger partial charge in [-0.25, -0.2) is 4.72 Å². The van der Waals surface area contributed by atoms with Crippen LogP contribution in [0.3, 0.4) is 0 Å². The summed E-state index contributed by atoms with van der Waals surface area (Å²) in [5, 5.41) is 0. The minimum Gasteiger partial charge on any atom is -0.398 e. The molecule has 0 heterocycles. The van der Waals surface area contributed by atoms with E-state index in [1.165, 1.54) is 0 Å². The fourth-order valence-corrected chi connectivity index (χ4v) is 2.46. The van der Waals surface area contributed by atoms with E-state index in [-0.39, 0.29) is 0 Å². The zero-order valence-electron chi connectivity index (χ0n) is 8.63. The molecule has 0 aliphatic rings. The zero-order valence-corrected chi connectivity index (χ0v) is 11.6. The third-order valence-corrected chi connectivity index (χ3v) is 4.70. The van der Waals surface area contributed by atoms with Crippen LogP contribution in [-0.2, 0) is 16.1 Å². The number of halogens is 1. The molecule has 0 spiro atoms. The first kappa shape index (κ1) is 12.8. The Balaban J connectivity index is 2.71. The number of anilines is 1. The van der Waals surface area contributed by atoms with Crippen LogP contribution in [0.4, 0.5) is 5.69 Å². The lowest BCUT2D eigenvalue weighted by molar-refractivity contribution is 0.675. The van der Waals surface area contributed by atoms with Crippen LogP contribution in [0.5, 0.6) is 0 Å². The number of hydrogen-bond acceptors (Lipinski definition) is 2. The Kier molecular flexibility index (Phi) is 4.42. The number of benzene rings is 1. The van der Waals surface area contributed by atoms with E-state index in [0.717, 1.165) is 21.2 Å². The fourth-order valence-electron chi connectivity index (χ4n) is 1.11. The first-order chi connectivity index (χ1) is 6.94. The minimum absolute atomic E-state index is 0.545. The predicted octanol–water partition coefficient (Wildman–Crippen LogP) is 1.27. The van der Waals surface area contributed by atoms with Crippen molar-refractivity contribution in [3.8, 4) is 0 Å². The second-order valence-corrected chi connectivity index (χ2v) is 6.93. The summed E-state index contributed by atoms with van der Waals surface area (Å²) in [7, 11) is -0.456. The normalized spacial score (nSPS) is 14.8. The summed E-state index contributed by atoms with van der Waals surface area (Å²) in [6, 6.07) is 5.85. The number of aryl methyl sites for hydroxylation is 1. The van der Waals surface area contributed by atoms with Gasteiger partial charge in [-0.05, 0) is 59.6 Å². The molecule has 0 aromatic heterocycles. The molecular formula is C10H15IN2OS. The van der Waals surface area contributed by atoms with Crippen LogP contribution < -0.4 is 10.5 Å². The molecule has 0 aliphatic heterocycles. The average molecular weight is 338 g/mol. The first-order valence-electron chi connectivity index (χ1n) is 4.52. The molecule has 1 aromatic carbocycles. The van der Waals surface area contributed by atoms with Gasteiger partial charge in [0, 0.05) is 24.7 Å². The standard InChI is InChI=1S/C10H15IN2OS/c1-13-15(2,14)6-5-8-3-4-10(12)9(11)7-8/h3-4,7H,2,5-6,12H2,1H3,(H,13,14). The van der Waals surface area contributed by atoms with Crippen molar-refractivity contribution < 1.29 is 4.21 Å². The summed E-state index contributed by atoms with van der Waals surface area (Å²) in [5.74, 6) is 4.18. The molecular weight excluding hydrogens is 323 g/mol. The van der Waals surface area contributed by atoms with Gasteiger partial charge in [0.1, 0.15) is 0 Å². The Morgan fingerprint density at radius 3 is 2.80 bits per heavy atom. The minimum atomic E-state index is -2.12. The number of nitrogen functional groups attached to an aromatic ring is 1. The van der Waals surface area contributed by atoms with Crippen molar-refractivity contribution in [3.63, 3.8) is 0 Å². The van der Waals surface area contributed by atoms with Crippen molar-refractivity contribution in [3.05, 3.63) is 27.3 Å². The number of rotatable bonds is 4. The predicted molar refractivity (Wildman–Crippen MR) is 76.5 cm³/mol. The highest BCUT2D eigenvalue weighted by Gasteiger charge is 2.03. The molecule has 1 rings (SSSR count).